The van der Waals surface area contributed by atoms with Gasteiger partial charge in [0.15, 0.2) is 0 Å². The van der Waals surface area contributed by atoms with E-state index in [4.69, 9.17) is 0 Å². The number of fused-ring (bicyclic) bond motifs is 1. The van der Waals surface area contributed by atoms with E-state index in [0.717, 1.165) is 6.42 Å². The van der Waals surface area contributed by atoms with Crippen LogP contribution in [0, 0.1) is 0 Å². The molecule has 0 aliphatic rings. The van der Waals surface area contributed by atoms with E-state index < -0.39 is 0 Å². The van der Waals surface area contributed by atoms with Crippen LogP contribution in [0.3, 0.4) is 0 Å². The van der Waals surface area contributed by atoms with Crippen molar-refractivity contribution in [2.75, 3.05) is 0 Å². The predicted octanol–water partition coefficient (Wildman–Crippen LogP) is 4.16. The first-order valence-corrected chi connectivity index (χ1v) is 5.28. The molecule has 0 aromatic heterocycles. The van der Waals surface area contributed by atoms with E-state index in [1.54, 1.807) is 0 Å². The van der Waals surface area contributed by atoms with Crippen molar-refractivity contribution in [2.45, 2.75) is 13.3 Å². The molecule has 0 unspecified atom stereocenters. The summed E-state index contributed by atoms with van der Waals surface area (Å²) in [5, 5.41) is 2.67. The van der Waals surface area contributed by atoms with E-state index >= 15 is 0 Å². The van der Waals surface area contributed by atoms with Crippen molar-refractivity contribution in [1.82, 2.24) is 0 Å². The van der Waals surface area contributed by atoms with Crippen molar-refractivity contribution < 1.29 is 0 Å². The quantitative estimate of drug-likeness (QED) is 0.696. The lowest BCUT2D eigenvalue weighted by Crippen LogP contribution is -1.83. The van der Waals surface area contributed by atoms with E-state index in [1.165, 1.54) is 20.8 Å². The third kappa shape index (κ3) is 1.49. The Kier molecular flexibility index (Phi) is 2.36. The summed E-state index contributed by atoms with van der Waals surface area (Å²) in [6.45, 7) is 2.19. The molecular weight excluding hydrogens is 224 g/mol. The molecule has 13 heavy (non-hydrogen) atoms. The average Bonchev–Trinajstić information content (AvgIpc) is 2.19. The summed E-state index contributed by atoms with van der Waals surface area (Å²) in [6, 6.07) is 12.8. The van der Waals surface area contributed by atoms with Gasteiger partial charge in [-0.15, -0.1) is 0 Å². The van der Waals surface area contributed by atoms with Crippen LogP contribution in [0.1, 0.15) is 12.5 Å². The van der Waals surface area contributed by atoms with Crippen LogP contribution in [0.25, 0.3) is 10.8 Å². The van der Waals surface area contributed by atoms with Crippen molar-refractivity contribution in [1.29, 1.82) is 0 Å². The fraction of sp³-hybridized carbons (Fsp3) is 0.167. The highest BCUT2D eigenvalue weighted by Crippen LogP contribution is 2.26. The Balaban J connectivity index is 2.84. The molecule has 0 spiro atoms. The number of aryl methyl sites for hydroxylation is 1. The third-order valence-electron chi connectivity index (χ3n) is 2.34. The van der Waals surface area contributed by atoms with E-state index in [0.29, 0.717) is 0 Å². The van der Waals surface area contributed by atoms with Gasteiger partial charge in [-0.3, -0.25) is 0 Å². The molecule has 0 heterocycles. The molecule has 2 rings (SSSR count). The van der Waals surface area contributed by atoms with Crippen molar-refractivity contribution >= 4 is 26.7 Å². The zero-order chi connectivity index (χ0) is 9.26. The molecule has 0 saturated carbocycles. The standard InChI is InChI=1S/C12H11Br/c1-2-9-7-8-12(13)11-6-4-3-5-10(9)11/h3-8H,2H2,1H3. The normalized spacial score (nSPS) is 10.6. The van der Waals surface area contributed by atoms with Crippen LogP contribution < -0.4 is 0 Å². The summed E-state index contributed by atoms with van der Waals surface area (Å²) in [5.74, 6) is 0. The number of hydrogen-bond donors (Lipinski definition) is 0. The summed E-state index contributed by atoms with van der Waals surface area (Å²) in [7, 11) is 0. The molecule has 2 aromatic carbocycles. The monoisotopic (exact) mass is 234 g/mol. The van der Waals surface area contributed by atoms with E-state index in [9.17, 15) is 0 Å². The average molecular weight is 235 g/mol. The molecule has 0 aliphatic carbocycles. The first-order chi connectivity index (χ1) is 6.33. The number of rotatable bonds is 1. The van der Waals surface area contributed by atoms with Gasteiger partial charge in [0.2, 0.25) is 0 Å². The number of benzene rings is 2. The molecule has 0 bridgehead atoms. The Bertz CT molecular complexity index is 432. The summed E-state index contributed by atoms with van der Waals surface area (Å²) in [4.78, 5) is 0. The van der Waals surface area contributed by atoms with Crippen LogP contribution >= 0.6 is 15.9 Å². The van der Waals surface area contributed by atoms with E-state index in [1.807, 2.05) is 0 Å². The van der Waals surface area contributed by atoms with Crippen LogP contribution in [-0.4, -0.2) is 0 Å². The SMILES string of the molecule is CCc1ccc(Br)c2ccccc12. The molecule has 0 atom stereocenters. The second-order valence-electron chi connectivity index (χ2n) is 3.11. The molecule has 0 aliphatic heterocycles. The lowest BCUT2D eigenvalue weighted by molar-refractivity contribution is 1.16. The zero-order valence-electron chi connectivity index (χ0n) is 7.55. The summed E-state index contributed by atoms with van der Waals surface area (Å²) >= 11 is 3.56. The lowest BCUT2D eigenvalue weighted by Gasteiger charge is -2.05. The molecule has 66 valence electrons. The fourth-order valence-corrected chi connectivity index (χ4v) is 2.11. The zero-order valence-corrected chi connectivity index (χ0v) is 9.14. The minimum atomic E-state index is 1.09. The first-order valence-electron chi connectivity index (χ1n) is 4.49. The van der Waals surface area contributed by atoms with Gasteiger partial charge in [0.25, 0.3) is 0 Å². The topological polar surface area (TPSA) is 0 Å². The van der Waals surface area contributed by atoms with Crippen LogP contribution in [0.15, 0.2) is 40.9 Å². The minimum Gasteiger partial charge on any atom is -0.0616 e. The number of hydrogen-bond acceptors (Lipinski definition) is 0. The van der Waals surface area contributed by atoms with Crippen LogP contribution in [-0.2, 0) is 6.42 Å². The Hall–Kier alpha value is -0.820. The van der Waals surface area contributed by atoms with Crippen molar-refractivity contribution in [3.05, 3.63) is 46.4 Å². The highest BCUT2D eigenvalue weighted by atomic mass is 79.9. The Labute approximate surface area is 86.7 Å². The maximum atomic E-state index is 3.56. The van der Waals surface area contributed by atoms with Crippen LogP contribution in [0.4, 0.5) is 0 Å². The largest absolute Gasteiger partial charge is 0.0616 e. The Morgan fingerprint density at radius 1 is 1.00 bits per heavy atom. The highest BCUT2D eigenvalue weighted by Gasteiger charge is 2.00. The van der Waals surface area contributed by atoms with Crippen LogP contribution in [0.5, 0.6) is 0 Å². The highest BCUT2D eigenvalue weighted by molar-refractivity contribution is 9.10. The van der Waals surface area contributed by atoms with Crippen molar-refractivity contribution in [2.24, 2.45) is 0 Å². The van der Waals surface area contributed by atoms with Gasteiger partial charge in [-0.1, -0.05) is 53.2 Å². The van der Waals surface area contributed by atoms with Crippen molar-refractivity contribution in [3.8, 4) is 0 Å². The fourth-order valence-electron chi connectivity index (χ4n) is 1.63. The third-order valence-corrected chi connectivity index (χ3v) is 3.03. The van der Waals surface area contributed by atoms with Gasteiger partial charge in [0.05, 0.1) is 0 Å². The number of halogens is 1. The van der Waals surface area contributed by atoms with Gasteiger partial charge in [-0.05, 0) is 28.8 Å². The van der Waals surface area contributed by atoms with Crippen LogP contribution in [0.2, 0.25) is 0 Å². The molecule has 0 nitrogen and oxygen atoms in total. The second-order valence-corrected chi connectivity index (χ2v) is 3.96. The molecule has 2 aromatic rings. The Morgan fingerprint density at radius 2 is 1.69 bits per heavy atom. The lowest BCUT2D eigenvalue weighted by atomic mass is 10.0. The van der Waals surface area contributed by atoms with Gasteiger partial charge < -0.3 is 0 Å². The predicted molar refractivity (Wildman–Crippen MR) is 61.0 cm³/mol. The second kappa shape index (κ2) is 3.51. The summed E-state index contributed by atoms with van der Waals surface area (Å²) < 4.78 is 1.18. The minimum absolute atomic E-state index is 1.09. The molecule has 1 heteroatoms. The van der Waals surface area contributed by atoms with Gasteiger partial charge >= 0.3 is 0 Å². The van der Waals surface area contributed by atoms with Gasteiger partial charge in [0.1, 0.15) is 0 Å². The van der Waals surface area contributed by atoms with Gasteiger partial charge in [-0.25, -0.2) is 0 Å². The van der Waals surface area contributed by atoms with Gasteiger partial charge in [0, 0.05) is 4.47 Å². The maximum Gasteiger partial charge on any atom is 0.0253 e. The molecule has 0 fully saturated rings. The van der Waals surface area contributed by atoms with E-state index in [-0.39, 0.29) is 0 Å². The molecule has 0 radical (unpaired) electrons. The summed E-state index contributed by atoms with van der Waals surface area (Å²) in [5.41, 5.74) is 1.42. The first kappa shape index (κ1) is 8.76. The smallest absolute Gasteiger partial charge is 0.0253 e. The molecule has 0 saturated heterocycles. The molecular formula is C12H11Br. The summed E-state index contributed by atoms with van der Waals surface area (Å²) in [6.07, 6.45) is 1.09. The molecule has 0 amide bonds. The molecule has 0 N–H and O–H groups in total. The Morgan fingerprint density at radius 3 is 2.38 bits per heavy atom. The maximum absolute atomic E-state index is 3.56. The van der Waals surface area contributed by atoms with Gasteiger partial charge in [-0.2, -0.15) is 0 Å². The van der Waals surface area contributed by atoms with Crippen molar-refractivity contribution in [3.63, 3.8) is 0 Å². The van der Waals surface area contributed by atoms with E-state index in [2.05, 4.69) is 59.3 Å².